The Bertz CT molecular complexity index is 1030. The molecule has 0 spiro atoms. The van der Waals surface area contributed by atoms with Gasteiger partial charge in [-0.2, -0.15) is 0 Å². The van der Waals surface area contributed by atoms with E-state index in [-0.39, 0.29) is 12.3 Å². The van der Waals surface area contributed by atoms with Crippen molar-refractivity contribution in [1.82, 2.24) is 10.1 Å². The topological polar surface area (TPSA) is 68.0 Å². The molecule has 3 aromatic rings. The minimum atomic E-state index is 0.0738. The van der Waals surface area contributed by atoms with Crippen LogP contribution in [0.15, 0.2) is 59.1 Å². The largest absolute Gasteiger partial charge is 0.486 e. The molecule has 0 N–H and O–H groups in total. The Morgan fingerprint density at radius 2 is 1.67 bits per heavy atom. The molecule has 0 bridgehead atoms. The van der Waals surface area contributed by atoms with Gasteiger partial charge in [0.2, 0.25) is 5.91 Å². The molecule has 1 fully saturated rings. The Balaban J connectivity index is 1.20. The molecule has 0 aliphatic carbocycles. The van der Waals surface area contributed by atoms with E-state index >= 15 is 0 Å². The first-order valence-corrected chi connectivity index (χ1v) is 10.2. The molecule has 7 nitrogen and oxygen atoms in total. The third-order valence-electron chi connectivity index (χ3n) is 5.47. The molecule has 0 saturated carbocycles. The van der Waals surface area contributed by atoms with Crippen LogP contribution >= 0.6 is 0 Å². The maximum absolute atomic E-state index is 12.7. The lowest BCUT2D eigenvalue weighted by molar-refractivity contribution is -0.130. The third-order valence-corrected chi connectivity index (χ3v) is 5.47. The van der Waals surface area contributed by atoms with E-state index in [0.717, 1.165) is 24.4 Å². The second kappa shape index (κ2) is 8.10. The molecule has 2 aliphatic heterocycles. The summed E-state index contributed by atoms with van der Waals surface area (Å²) in [6.45, 7) is 4.17. The molecule has 1 aromatic heterocycles. The number of carbonyl (C=O) groups is 1. The number of hydrogen-bond donors (Lipinski definition) is 0. The number of hydrogen-bond acceptors (Lipinski definition) is 6. The number of ether oxygens (including phenoxy) is 2. The fourth-order valence-corrected chi connectivity index (χ4v) is 3.85. The summed E-state index contributed by atoms with van der Waals surface area (Å²) in [7, 11) is 0. The highest BCUT2D eigenvalue weighted by Crippen LogP contribution is 2.34. The minimum absolute atomic E-state index is 0.0738. The monoisotopic (exact) mass is 405 g/mol. The van der Waals surface area contributed by atoms with Crippen LogP contribution in [0.25, 0.3) is 11.3 Å². The summed E-state index contributed by atoms with van der Waals surface area (Å²) < 4.78 is 16.7. The van der Waals surface area contributed by atoms with E-state index in [0.29, 0.717) is 43.5 Å². The van der Waals surface area contributed by atoms with Gasteiger partial charge in [-0.05, 0) is 30.3 Å². The van der Waals surface area contributed by atoms with Gasteiger partial charge in [0.15, 0.2) is 17.3 Å². The molecule has 0 unspecified atom stereocenters. The smallest absolute Gasteiger partial charge is 0.228 e. The highest BCUT2D eigenvalue weighted by molar-refractivity contribution is 5.79. The molecule has 1 amide bonds. The number of nitrogens with zero attached hydrogens (tertiary/aromatic N) is 3. The van der Waals surface area contributed by atoms with Crippen LogP contribution in [0.5, 0.6) is 11.5 Å². The first-order valence-electron chi connectivity index (χ1n) is 10.2. The molecule has 0 radical (unpaired) electrons. The highest BCUT2D eigenvalue weighted by atomic mass is 16.6. The van der Waals surface area contributed by atoms with Gasteiger partial charge in [-0.25, -0.2) is 0 Å². The summed E-state index contributed by atoms with van der Waals surface area (Å²) in [5, 5.41) is 4.10. The van der Waals surface area contributed by atoms with Crippen LogP contribution in [-0.4, -0.2) is 55.4 Å². The summed E-state index contributed by atoms with van der Waals surface area (Å²) in [5.41, 5.74) is 2.68. The lowest BCUT2D eigenvalue weighted by atomic mass is 10.1. The van der Waals surface area contributed by atoms with Crippen molar-refractivity contribution in [3.05, 3.63) is 60.3 Å². The maximum Gasteiger partial charge on any atom is 0.228 e. The Kier molecular flexibility index (Phi) is 5.01. The molecular weight excluding hydrogens is 382 g/mol. The number of fused-ring (bicyclic) bond motifs is 1. The third kappa shape index (κ3) is 3.83. The molecule has 5 rings (SSSR count). The van der Waals surface area contributed by atoms with E-state index < -0.39 is 0 Å². The van der Waals surface area contributed by atoms with Crippen molar-refractivity contribution in [3.63, 3.8) is 0 Å². The number of carbonyl (C=O) groups excluding carboxylic acids is 1. The van der Waals surface area contributed by atoms with Gasteiger partial charge < -0.3 is 23.8 Å². The zero-order valence-corrected chi connectivity index (χ0v) is 16.6. The van der Waals surface area contributed by atoms with Crippen LogP contribution in [0.3, 0.4) is 0 Å². The normalized spacial score (nSPS) is 15.9. The molecule has 154 valence electrons. The fraction of sp³-hybridized carbons (Fsp3) is 0.304. The molecular formula is C23H23N3O4. The van der Waals surface area contributed by atoms with Gasteiger partial charge in [-0.1, -0.05) is 23.4 Å². The van der Waals surface area contributed by atoms with Crippen LogP contribution in [0.4, 0.5) is 5.69 Å². The maximum atomic E-state index is 12.7. The summed E-state index contributed by atoms with van der Waals surface area (Å²) in [6.07, 6.45) is 0.236. The van der Waals surface area contributed by atoms with Gasteiger partial charge in [-0.15, -0.1) is 0 Å². The highest BCUT2D eigenvalue weighted by Gasteiger charge is 2.23. The number of aromatic nitrogens is 1. The van der Waals surface area contributed by atoms with E-state index in [1.807, 2.05) is 47.4 Å². The van der Waals surface area contributed by atoms with Crippen molar-refractivity contribution >= 4 is 11.6 Å². The van der Waals surface area contributed by atoms with E-state index in [2.05, 4.69) is 22.2 Å². The van der Waals surface area contributed by atoms with Crippen molar-refractivity contribution in [2.24, 2.45) is 0 Å². The van der Waals surface area contributed by atoms with Crippen molar-refractivity contribution in [2.75, 3.05) is 44.3 Å². The Morgan fingerprint density at radius 3 is 2.47 bits per heavy atom. The standard InChI is InChI=1S/C23H23N3O4/c27-23(26-10-8-25(9-11-26)19-4-2-1-3-5-19)16-18-15-21(30-24-18)17-6-7-20-22(14-17)29-13-12-28-20/h1-7,14-15H,8-13,16H2. The van der Waals surface area contributed by atoms with Crippen molar-refractivity contribution < 1.29 is 18.8 Å². The van der Waals surface area contributed by atoms with Gasteiger partial charge in [0.05, 0.1) is 12.1 Å². The molecule has 2 aromatic carbocycles. The summed E-state index contributed by atoms with van der Waals surface area (Å²) >= 11 is 0. The zero-order valence-electron chi connectivity index (χ0n) is 16.6. The predicted octanol–water partition coefficient (Wildman–Crippen LogP) is 3.00. The van der Waals surface area contributed by atoms with Crippen LogP contribution in [0, 0.1) is 0 Å². The quantitative estimate of drug-likeness (QED) is 0.665. The Morgan fingerprint density at radius 1 is 0.900 bits per heavy atom. The number of benzene rings is 2. The number of amides is 1. The van der Waals surface area contributed by atoms with Gasteiger partial charge in [0.1, 0.15) is 13.2 Å². The lowest BCUT2D eigenvalue weighted by Gasteiger charge is -2.36. The second-order valence-electron chi connectivity index (χ2n) is 7.42. The second-order valence-corrected chi connectivity index (χ2v) is 7.42. The van der Waals surface area contributed by atoms with Gasteiger partial charge in [0.25, 0.3) is 0 Å². The predicted molar refractivity (Wildman–Crippen MR) is 112 cm³/mol. The van der Waals surface area contributed by atoms with Crippen LogP contribution in [0.1, 0.15) is 5.69 Å². The van der Waals surface area contributed by atoms with E-state index in [1.54, 1.807) is 0 Å². The van der Waals surface area contributed by atoms with Crippen molar-refractivity contribution in [3.8, 4) is 22.8 Å². The summed E-state index contributed by atoms with van der Waals surface area (Å²) in [4.78, 5) is 16.9. The lowest BCUT2D eigenvalue weighted by Crippen LogP contribution is -2.49. The van der Waals surface area contributed by atoms with Gasteiger partial charge in [0, 0.05) is 43.5 Å². The van der Waals surface area contributed by atoms with Crippen molar-refractivity contribution in [1.29, 1.82) is 0 Å². The van der Waals surface area contributed by atoms with Gasteiger partial charge >= 0.3 is 0 Å². The summed E-state index contributed by atoms with van der Waals surface area (Å²) in [6, 6.07) is 17.8. The van der Waals surface area contributed by atoms with Crippen LogP contribution in [-0.2, 0) is 11.2 Å². The summed E-state index contributed by atoms with van der Waals surface area (Å²) in [5.74, 6) is 2.12. The van der Waals surface area contributed by atoms with Gasteiger partial charge in [-0.3, -0.25) is 4.79 Å². The number of rotatable bonds is 4. The average Bonchev–Trinajstić information content (AvgIpc) is 3.28. The number of para-hydroxylation sites is 1. The molecule has 30 heavy (non-hydrogen) atoms. The number of piperazine rings is 1. The molecule has 2 aliphatic rings. The van der Waals surface area contributed by atoms with Crippen LogP contribution in [0.2, 0.25) is 0 Å². The zero-order chi connectivity index (χ0) is 20.3. The van der Waals surface area contributed by atoms with Crippen molar-refractivity contribution in [2.45, 2.75) is 6.42 Å². The van der Waals surface area contributed by atoms with E-state index in [4.69, 9.17) is 14.0 Å². The number of anilines is 1. The first-order chi connectivity index (χ1) is 14.8. The molecule has 1 saturated heterocycles. The first kappa shape index (κ1) is 18.5. The average molecular weight is 405 g/mol. The Hall–Kier alpha value is -3.48. The SMILES string of the molecule is O=C(Cc1cc(-c2ccc3c(c2)OCCO3)on1)N1CCN(c2ccccc2)CC1. The minimum Gasteiger partial charge on any atom is -0.486 e. The van der Waals surface area contributed by atoms with Crippen LogP contribution < -0.4 is 14.4 Å². The molecule has 0 atom stereocenters. The molecule has 7 heteroatoms. The van der Waals surface area contributed by atoms with E-state index in [1.165, 1.54) is 5.69 Å². The fourth-order valence-electron chi connectivity index (χ4n) is 3.85. The molecule has 3 heterocycles. The van der Waals surface area contributed by atoms with E-state index in [9.17, 15) is 4.79 Å². The Labute approximate surface area is 174 Å².